The molecule has 0 aliphatic rings. The van der Waals surface area contributed by atoms with Crippen molar-refractivity contribution in [3.63, 3.8) is 0 Å². The largest absolute Gasteiger partial charge is 2.00 e. The monoisotopic (exact) mass is 249 g/mol. The first-order valence-corrected chi connectivity index (χ1v) is 4.94. The Morgan fingerprint density at radius 2 is 1.40 bits per heavy atom. The molecule has 1 radical (unpaired) electrons. The predicted octanol–water partition coefficient (Wildman–Crippen LogP) is 3.12. The topological polar surface area (TPSA) is 26.3 Å². The normalized spacial score (nSPS) is 16.2. The third kappa shape index (κ3) is 5.62. The van der Waals surface area contributed by atoms with Crippen LogP contribution in [0.2, 0.25) is 0 Å². The van der Waals surface area contributed by atoms with Crippen molar-refractivity contribution in [1.29, 1.82) is 0 Å². The minimum atomic E-state index is -0.576. The molecule has 0 saturated carbocycles. The van der Waals surface area contributed by atoms with Crippen LogP contribution in [-0.4, -0.2) is 12.1 Å². The summed E-state index contributed by atoms with van der Waals surface area (Å²) in [6.07, 6.45) is 2.06. The van der Waals surface area contributed by atoms with Crippen molar-refractivity contribution in [2.24, 2.45) is 10.8 Å². The molecule has 0 N–H and O–H groups in total. The van der Waals surface area contributed by atoms with E-state index in [0.29, 0.717) is 0 Å². The zero-order chi connectivity index (χ0) is 11.6. The second-order valence-electron chi connectivity index (χ2n) is 6.05. The fourth-order valence-corrected chi connectivity index (χ4v) is 1.31. The molecule has 0 heterocycles. The van der Waals surface area contributed by atoms with Crippen LogP contribution in [0.3, 0.4) is 0 Å². The van der Waals surface area contributed by atoms with E-state index < -0.39 is 5.60 Å². The van der Waals surface area contributed by atoms with Crippen molar-refractivity contribution in [2.75, 3.05) is 0 Å². The molecule has 15 heavy (non-hydrogen) atoms. The van der Waals surface area contributed by atoms with Crippen molar-refractivity contribution < 1.29 is 28.1 Å². The van der Waals surface area contributed by atoms with E-state index in [1.165, 1.54) is 0 Å². The number of ether oxygens (including phenoxy) is 1. The summed E-state index contributed by atoms with van der Waals surface area (Å²) in [5.74, 6) is 0. The van der Waals surface area contributed by atoms with Crippen LogP contribution in [0.5, 0.6) is 0 Å². The van der Waals surface area contributed by atoms with Gasteiger partial charge in [0.05, 0.1) is 0 Å². The minimum absolute atomic E-state index is 0. The van der Waals surface area contributed by atoms with Gasteiger partial charge in [-0.15, -0.1) is 0 Å². The van der Waals surface area contributed by atoms with Gasteiger partial charge in [0.1, 0.15) is 0 Å². The van der Waals surface area contributed by atoms with Crippen LogP contribution in [0.1, 0.15) is 48.5 Å². The van der Waals surface area contributed by atoms with Crippen LogP contribution in [0.4, 0.5) is 0 Å². The van der Waals surface area contributed by atoms with Gasteiger partial charge >= 0.3 is 18.6 Å². The first-order valence-electron chi connectivity index (χ1n) is 4.94. The molecule has 0 saturated heterocycles. The maximum Gasteiger partial charge on any atom is 2.00 e. The molecule has 0 aliphatic heterocycles. The van der Waals surface area contributed by atoms with Crippen molar-refractivity contribution in [2.45, 2.75) is 54.1 Å². The summed E-state index contributed by atoms with van der Waals surface area (Å²) < 4.78 is 5.11. The Bertz CT molecular complexity index is 201. The fourth-order valence-electron chi connectivity index (χ4n) is 1.31. The Hall–Kier alpha value is 0.0544. The molecule has 87 valence electrons. The van der Waals surface area contributed by atoms with Crippen LogP contribution in [0.25, 0.3) is 0 Å². The predicted molar refractivity (Wildman–Crippen MR) is 58.4 cm³/mol. The Morgan fingerprint density at radius 1 is 1.00 bits per heavy atom. The SMILES string of the molecule is CC(C)(C)[CH-][C@](C)(O[C-]=O)C(C)(C)C.[V+2]. The van der Waals surface area contributed by atoms with E-state index in [9.17, 15) is 4.79 Å². The van der Waals surface area contributed by atoms with Crippen LogP contribution < -0.4 is 0 Å². The number of hydrogen-bond donors (Lipinski definition) is 0. The number of rotatable bonds is 3. The quantitative estimate of drug-likeness (QED) is 0.718. The standard InChI is InChI=1S/C12H22O2.V/c1-10(2,3)8-12(7,14-9-13)11(4,5)6;/h8H,1-7H3;/q-2;+2/t12-;/m0./s1. The van der Waals surface area contributed by atoms with E-state index in [1.807, 2.05) is 27.7 Å². The van der Waals surface area contributed by atoms with Crippen LogP contribution in [0, 0.1) is 17.3 Å². The summed E-state index contributed by atoms with van der Waals surface area (Å²) in [6, 6.07) is 0. The summed E-state index contributed by atoms with van der Waals surface area (Å²) in [4.78, 5) is 10.4. The molecule has 2 nitrogen and oxygen atoms in total. The smallest absolute Gasteiger partial charge is 0.671 e. The van der Waals surface area contributed by atoms with Gasteiger partial charge in [0.15, 0.2) is 0 Å². The van der Waals surface area contributed by atoms with Crippen LogP contribution in [0.15, 0.2) is 0 Å². The van der Waals surface area contributed by atoms with Crippen molar-refractivity contribution in [3.8, 4) is 0 Å². The zero-order valence-corrected chi connectivity index (χ0v) is 12.2. The first kappa shape index (κ1) is 17.4. The second-order valence-corrected chi connectivity index (χ2v) is 6.05. The molecule has 0 rings (SSSR count). The maximum atomic E-state index is 10.4. The molecule has 0 spiro atoms. The molecule has 0 aromatic carbocycles. The molecular formula is C12H22O2V. The Kier molecular flexibility index (Phi) is 6.29. The molecule has 0 bridgehead atoms. The molecule has 1 atom stereocenters. The van der Waals surface area contributed by atoms with E-state index >= 15 is 0 Å². The molecule has 0 aromatic rings. The zero-order valence-electron chi connectivity index (χ0n) is 10.8. The molecule has 0 unspecified atom stereocenters. The van der Waals surface area contributed by atoms with E-state index in [0.717, 1.165) is 0 Å². The van der Waals surface area contributed by atoms with E-state index in [1.54, 1.807) is 6.47 Å². The minimum Gasteiger partial charge on any atom is -0.671 e. The van der Waals surface area contributed by atoms with E-state index in [-0.39, 0.29) is 29.4 Å². The van der Waals surface area contributed by atoms with Gasteiger partial charge in [-0.1, -0.05) is 60.5 Å². The molecule has 0 aromatic heterocycles. The van der Waals surface area contributed by atoms with Crippen LogP contribution >= 0.6 is 0 Å². The molecule has 0 amide bonds. The summed E-state index contributed by atoms with van der Waals surface area (Å²) in [5, 5.41) is 0. The summed E-state index contributed by atoms with van der Waals surface area (Å²) in [7, 11) is 0. The van der Waals surface area contributed by atoms with Crippen LogP contribution in [-0.2, 0) is 28.1 Å². The summed E-state index contributed by atoms with van der Waals surface area (Å²) >= 11 is 0. The Morgan fingerprint density at radius 3 is 1.60 bits per heavy atom. The maximum absolute atomic E-state index is 10.4. The fraction of sp³-hybridized carbons (Fsp3) is 0.833. The second kappa shape index (κ2) is 5.40. The van der Waals surface area contributed by atoms with Gasteiger partial charge in [0.25, 0.3) is 0 Å². The number of carbonyl (C=O) groups excluding carboxylic acids is 1. The van der Waals surface area contributed by atoms with Gasteiger partial charge in [-0.25, -0.2) is 0 Å². The van der Waals surface area contributed by atoms with Crippen molar-refractivity contribution in [3.05, 3.63) is 6.42 Å². The average Bonchev–Trinajstić information content (AvgIpc) is 1.79. The first-order chi connectivity index (χ1) is 6.02. The van der Waals surface area contributed by atoms with Gasteiger partial charge < -0.3 is 9.53 Å². The van der Waals surface area contributed by atoms with E-state index in [4.69, 9.17) is 4.74 Å². The van der Waals surface area contributed by atoms with Gasteiger partial charge in [-0.3, -0.25) is 6.42 Å². The van der Waals surface area contributed by atoms with Crippen molar-refractivity contribution >= 4 is 6.47 Å². The van der Waals surface area contributed by atoms with E-state index in [2.05, 4.69) is 27.2 Å². The molecular weight excluding hydrogens is 227 g/mol. The summed E-state index contributed by atoms with van der Waals surface area (Å²) in [5.41, 5.74) is -0.691. The Balaban J connectivity index is 0. The molecule has 0 aliphatic carbocycles. The summed E-state index contributed by atoms with van der Waals surface area (Å²) in [6.45, 7) is 15.9. The van der Waals surface area contributed by atoms with Gasteiger partial charge in [0.2, 0.25) is 0 Å². The van der Waals surface area contributed by atoms with Gasteiger partial charge in [0, 0.05) is 0 Å². The third-order valence-electron chi connectivity index (χ3n) is 2.45. The Labute approximate surface area is 106 Å². The third-order valence-corrected chi connectivity index (χ3v) is 2.45. The molecule has 3 heteroatoms. The van der Waals surface area contributed by atoms with Crippen molar-refractivity contribution in [1.82, 2.24) is 0 Å². The molecule has 0 fully saturated rings. The van der Waals surface area contributed by atoms with Gasteiger partial charge in [-0.2, -0.15) is 5.41 Å². The van der Waals surface area contributed by atoms with Gasteiger partial charge in [-0.05, 0) is 5.41 Å². The number of hydrogen-bond acceptors (Lipinski definition) is 2. The average molecular weight is 249 g/mol.